The number of hydrogen-bond donors (Lipinski definition) is 1. The van der Waals surface area contributed by atoms with E-state index in [0.717, 1.165) is 31.6 Å². The Balaban J connectivity index is 1.79. The van der Waals surface area contributed by atoms with Crippen LogP contribution >= 0.6 is 0 Å². The zero-order valence-corrected chi connectivity index (χ0v) is 11.8. The van der Waals surface area contributed by atoms with E-state index in [0.29, 0.717) is 6.04 Å². The number of carbonyl (C=O) groups excluding carboxylic acids is 1. The van der Waals surface area contributed by atoms with Crippen LogP contribution in [0.25, 0.3) is 0 Å². The highest BCUT2D eigenvalue weighted by molar-refractivity contribution is 5.87. The number of allylic oxidation sites excluding steroid dienone is 3. The molecule has 0 aliphatic carbocycles. The van der Waals surface area contributed by atoms with Crippen molar-refractivity contribution >= 4 is 11.6 Å². The van der Waals surface area contributed by atoms with Gasteiger partial charge in [0.15, 0.2) is 0 Å². The Morgan fingerprint density at radius 2 is 2.20 bits per heavy atom. The third-order valence-corrected chi connectivity index (χ3v) is 3.38. The third kappa shape index (κ3) is 4.23. The molecule has 1 fully saturated rings. The lowest BCUT2D eigenvalue weighted by atomic mass is 10.0. The monoisotopic (exact) mass is 271 g/mol. The molecule has 106 valence electrons. The first kappa shape index (κ1) is 14.3. The number of amides is 1. The second kappa shape index (κ2) is 7.48. The maximum atomic E-state index is 11.9. The summed E-state index contributed by atoms with van der Waals surface area (Å²) >= 11 is 0. The molecule has 1 aromatic rings. The summed E-state index contributed by atoms with van der Waals surface area (Å²) in [6, 6.07) is 4.36. The lowest BCUT2D eigenvalue weighted by Gasteiger charge is -2.32. The van der Waals surface area contributed by atoms with Crippen LogP contribution in [0, 0.1) is 0 Å². The van der Waals surface area contributed by atoms with E-state index >= 15 is 0 Å². The van der Waals surface area contributed by atoms with Crippen LogP contribution in [0.1, 0.15) is 19.8 Å². The van der Waals surface area contributed by atoms with E-state index in [1.165, 1.54) is 0 Å². The molecule has 1 amide bonds. The Morgan fingerprint density at radius 3 is 2.85 bits per heavy atom. The number of hydrogen-bond acceptors (Lipinski definition) is 3. The number of nitrogens with zero attached hydrogens (tertiary/aromatic N) is 2. The van der Waals surface area contributed by atoms with Crippen molar-refractivity contribution < 1.29 is 4.79 Å². The molecule has 0 radical (unpaired) electrons. The SMILES string of the molecule is C/C=C/C=C\C(=O)N1CCC(Nc2cccnc2)CC1. The van der Waals surface area contributed by atoms with E-state index in [1.807, 2.05) is 42.3 Å². The Hall–Kier alpha value is -2.10. The highest BCUT2D eigenvalue weighted by atomic mass is 16.2. The van der Waals surface area contributed by atoms with Gasteiger partial charge < -0.3 is 10.2 Å². The van der Waals surface area contributed by atoms with Crippen LogP contribution in [-0.2, 0) is 4.79 Å². The van der Waals surface area contributed by atoms with Crippen molar-refractivity contribution in [1.29, 1.82) is 0 Å². The predicted molar refractivity (Wildman–Crippen MR) is 81.4 cm³/mol. The molecule has 20 heavy (non-hydrogen) atoms. The van der Waals surface area contributed by atoms with Gasteiger partial charge in [-0.2, -0.15) is 0 Å². The first-order chi connectivity index (χ1) is 9.79. The van der Waals surface area contributed by atoms with Crippen LogP contribution in [-0.4, -0.2) is 34.9 Å². The summed E-state index contributed by atoms with van der Waals surface area (Å²) in [5, 5.41) is 3.46. The first-order valence-corrected chi connectivity index (χ1v) is 7.04. The zero-order valence-electron chi connectivity index (χ0n) is 11.8. The molecule has 0 spiro atoms. The molecule has 0 bridgehead atoms. The molecule has 2 rings (SSSR count). The summed E-state index contributed by atoms with van der Waals surface area (Å²) in [6.07, 6.45) is 12.7. The van der Waals surface area contributed by atoms with Crippen LogP contribution < -0.4 is 5.32 Å². The van der Waals surface area contributed by atoms with E-state index in [9.17, 15) is 4.79 Å². The second-order valence-corrected chi connectivity index (χ2v) is 4.87. The number of aromatic nitrogens is 1. The van der Waals surface area contributed by atoms with Gasteiger partial charge in [0.25, 0.3) is 0 Å². The van der Waals surface area contributed by atoms with Gasteiger partial charge in [0, 0.05) is 37.6 Å². The quantitative estimate of drug-likeness (QED) is 0.676. The van der Waals surface area contributed by atoms with Crippen molar-refractivity contribution in [1.82, 2.24) is 9.88 Å². The number of pyridine rings is 1. The minimum atomic E-state index is 0.0999. The van der Waals surface area contributed by atoms with E-state index in [-0.39, 0.29) is 5.91 Å². The van der Waals surface area contributed by atoms with Gasteiger partial charge >= 0.3 is 0 Å². The summed E-state index contributed by atoms with van der Waals surface area (Å²) in [6.45, 7) is 3.54. The third-order valence-electron chi connectivity index (χ3n) is 3.38. The number of piperidine rings is 1. The van der Waals surface area contributed by atoms with Gasteiger partial charge in [-0.3, -0.25) is 9.78 Å². The Labute approximate surface area is 120 Å². The Bertz CT molecular complexity index is 474. The molecule has 1 N–H and O–H groups in total. The highest BCUT2D eigenvalue weighted by Gasteiger charge is 2.21. The fraction of sp³-hybridized carbons (Fsp3) is 0.375. The van der Waals surface area contributed by atoms with Crippen LogP contribution in [0.4, 0.5) is 5.69 Å². The number of carbonyl (C=O) groups is 1. The van der Waals surface area contributed by atoms with Gasteiger partial charge in [0.05, 0.1) is 5.69 Å². The second-order valence-electron chi connectivity index (χ2n) is 4.87. The normalized spacial score (nSPS) is 16.9. The average Bonchev–Trinajstić information content (AvgIpc) is 2.49. The number of rotatable bonds is 4. The molecule has 0 aromatic carbocycles. The molecule has 0 unspecified atom stereocenters. The van der Waals surface area contributed by atoms with Gasteiger partial charge in [-0.1, -0.05) is 18.2 Å². The number of likely N-dealkylation sites (tertiary alicyclic amines) is 1. The predicted octanol–water partition coefficient (Wildman–Crippen LogP) is 2.62. The maximum Gasteiger partial charge on any atom is 0.246 e. The summed E-state index contributed by atoms with van der Waals surface area (Å²) in [5.41, 5.74) is 1.05. The average molecular weight is 271 g/mol. The standard InChI is InChI=1S/C16H21N3O/c1-2-3-4-7-16(20)19-11-8-14(9-12-19)18-15-6-5-10-17-13-15/h2-7,10,13-14,18H,8-9,11-12H2,1H3/b3-2+,7-4-. The molecule has 1 aliphatic rings. The largest absolute Gasteiger partial charge is 0.381 e. The Morgan fingerprint density at radius 1 is 1.40 bits per heavy atom. The van der Waals surface area contributed by atoms with E-state index in [1.54, 1.807) is 18.3 Å². The number of anilines is 1. The van der Waals surface area contributed by atoms with Gasteiger partial charge in [0.1, 0.15) is 0 Å². The van der Waals surface area contributed by atoms with Crippen molar-refractivity contribution in [3.05, 3.63) is 48.8 Å². The molecule has 4 nitrogen and oxygen atoms in total. The fourth-order valence-corrected chi connectivity index (χ4v) is 2.28. The number of nitrogens with one attached hydrogen (secondary N) is 1. The van der Waals surface area contributed by atoms with Gasteiger partial charge in [-0.05, 0) is 31.9 Å². The molecule has 4 heteroatoms. The molecule has 0 saturated carbocycles. The van der Waals surface area contributed by atoms with Gasteiger partial charge in [0.2, 0.25) is 5.91 Å². The molecule has 1 aromatic heterocycles. The summed E-state index contributed by atoms with van der Waals surface area (Å²) < 4.78 is 0. The molecular weight excluding hydrogens is 250 g/mol. The minimum Gasteiger partial charge on any atom is -0.381 e. The van der Waals surface area contributed by atoms with Gasteiger partial charge in [-0.25, -0.2) is 0 Å². The molecule has 1 saturated heterocycles. The van der Waals surface area contributed by atoms with E-state index in [2.05, 4.69) is 10.3 Å². The molecule has 0 atom stereocenters. The fourth-order valence-electron chi connectivity index (χ4n) is 2.28. The van der Waals surface area contributed by atoms with Crippen molar-refractivity contribution in [3.8, 4) is 0 Å². The topological polar surface area (TPSA) is 45.2 Å². The van der Waals surface area contributed by atoms with Crippen molar-refractivity contribution in [3.63, 3.8) is 0 Å². The van der Waals surface area contributed by atoms with Crippen molar-refractivity contribution in [2.45, 2.75) is 25.8 Å². The van der Waals surface area contributed by atoms with E-state index < -0.39 is 0 Å². The van der Waals surface area contributed by atoms with Crippen molar-refractivity contribution in [2.24, 2.45) is 0 Å². The zero-order chi connectivity index (χ0) is 14.2. The first-order valence-electron chi connectivity index (χ1n) is 7.04. The maximum absolute atomic E-state index is 11.9. The van der Waals surface area contributed by atoms with Crippen molar-refractivity contribution in [2.75, 3.05) is 18.4 Å². The Kier molecular flexibility index (Phi) is 5.35. The van der Waals surface area contributed by atoms with Crippen LogP contribution in [0.2, 0.25) is 0 Å². The van der Waals surface area contributed by atoms with Gasteiger partial charge in [-0.15, -0.1) is 0 Å². The molecule has 1 aliphatic heterocycles. The van der Waals surface area contributed by atoms with E-state index in [4.69, 9.17) is 0 Å². The lowest BCUT2D eigenvalue weighted by molar-refractivity contribution is -0.126. The summed E-state index contributed by atoms with van der Waals surface area (Å²) in [5.74, 6) is 0.0999. The van der Waals surface area contributed by atoms with Crippen LogP contribution in [0.15, 0.2) is 48.8 Å². The lowest BCUT2D eigenvalue weighted by Crippen LogP contribution is -2.41. The molecular formula is C16H21N3O. The minimum absolute atomic E-state index is 0.0999. The smallest absolute Gasteiger partial charge is 0.246 e. The van der Waals surface area contributed by atoms with Crippen LogP contribution in [0.3, 0.4) is 0 Å². The molecule has 2 heterocycles. The summed E-state index contributed by atoms with van der Waals surface area (Å²) in [4.78, 5) is 17.9. The summed E-state index contributed by atoms with van der Waals surface area (Å²) in [7, 11) is 0. The highest BCUT2D eigenvalue weighted by Crippen LogP contribution is 2.16. The van der Waals surface area contributed by atoms with Crippen LogP contribution in [0.5, 0.6) is 0 Å².